The third-order valence-electron chi connectivity index (χ3n) is 8.65. The summed E-state index contributed by atoms with van der Waals surface area (Å²) < 4.78 is 5.98. The minimum absolute atomic E-state index is 0.247. The number of phenols is 1. The Kier molecular flexibility index (Phi) is 8.00. The molecule has 4 nitrogen and oxygen atoms in total. The fourth-order valence-corrected chi connectivity index (χ4v) is 6.24. The Morgan fingerprint density at radius 3 is 1.61 bits per heavy atom. The smallest absolute Gasteiger partial charge is 0.163 e. The Morgan fingerprint density at radius 1 is 0.585 bits per heavy atom. The van der Waals surface area contributed by atoms with E-state index in [1.807, 2.05) is 30.3 Å². The van der Waals surface area contributed by atoms with Crippen LogP contribution in [0.2, 0.25) is 0 Å². The van der Waals surface area contributed by atoms with Crippen LogP contribution in [0.25, 0.3) is 22.3 Å². The van der Waals surface area contributed by atoms with Gasteiger partial charge in [0.2, 0.25) is 0 Å². The first-order valence-corrected chi connectivity index (χ1v) is 14.9. The van der Waals surface area contributed by atoms with Crippen molar-refractivity contribution < 1.29 is 19.4 Å². The van der Waals surface area contributed by atoms with Gasteiger partial charge in [-0.3, -0.25) is 9.59 Å². The highest BCUT2D eigenvalue weighted by Crippen LogP contribution is 2.31. The molecule has 7 rings (SSSR count). The number of aromatic hydroxyl groups is 1. The maximum absolute atomic E-state index is 11.7. The molecule has 0 amide bonds. The van der Waals surface area contributed by atoms with E-state index in [9.17, 15) is 14.7 Å². The first-order chi connectivity index (χ1) is 20.0. The van der Waals surface area contributed by atoms with Gasteiger partial charge in [0.05, 0.1) is 6.61 Å². The fraction of sp³-hybridized carbons (Fsp3) is 0.297. The quantitative estimate of drug-likeness (QED) is 0.273. The molecule has 1 fully saturated rings. The van der Waals surface area contributed by atoms with Crippen LogP contribution >= 0.6 is 0 Å². The lowest BCUT2D eigenvalue weighted by molar-refractivity contribution is 0.0986. The molecule has 3 aliphatic carbocycles. The number of benzene rings is 4. The first-order valence-electron chi connectivity index (χ1n) is 14.9. The number of ketones is 2. The van der Waals surface area contributed by atoms with E-state index < -0.39 is 0 Å². The van der Waals surface area contributed by atoms with E-state index in [2.05, 4.69) is 42.5 Å². The van der Waals surface area contributed by atoms with Crippen LogP contribution in [0.1, 0.15) is 76.8 Å². The molecule has 0 aliphatic heterocycles. The summed E-state index contributed by atoms with van der Waals surface area (Å²) in [5.41, 5.74) is 8.63. The molecule has 0 radical (unpaired) electrons. The number of hydrogen-bond donors (Lipinski definition) is 1. The van der Waals surface area contributed by atoms with Crippen molar-refractivity contribution in [1.82, 2.24) is 0 Å². The lowest BCUT2D eigenvalue weighted by Gasteiger charge is -2.21. The zero-order valence-electron chi connectivity index (χ0n) is 23.4. The second-order valence-corrected chi connectivity index (χ2v) is 11.5. The van der Waals surface area contributed by atoms with Crippen molar-refractivity contribution in [2.45, 2.75) is 57.8 Å². The van der Waals surface area contributed by atoms with Crippen molar-refractivity contribution in [1.29, 1.82) is 0 Å². The molecular formula is C37H36O4. The summed E-state index contributed by atoms with van der Waals surface area (Å²) in [7, 11) is 0. The molecule has 4 aromatic carbocycles. The molecule has 4 aromatic rings. The van der Waals surface area contributed by atoms with Gasteiger partial charge in [0.15, 0.2) is 11.6 Å². The van der Waals surface area contributed by atoms with Crippen molar-refractivity contribution in [3.8, 4) is 33.8 Å². The van der Waals surface area contributed by atoms with E-state index in [1.54, 1.807) is 12.1 Å². The van der Waals surface area contributed by atoms with E-state index >= 15 is 0 Å². The van der Waals surface area contributed by atoms with Crippen LogP contribution < -0.4 is 4.74 Å². The third kappa shape index (κ3) is 6.27. The van der Waals surface area contributed by atoms with Gasteiger partial charge in [0.25, 0.3) is 0 Å². The number of phenolic OH excluding ortho intramolecular Hbond substituents is 1. The summed E-state index contributed by atoms with van der Waals surface area (Å²) in [5, 5.41) is 9.25. The highest BCUT2D eigenvalue weighted by Gasteiger charge is 2.20. The Labute approximate surface area is 242 Å². The van der Waals surface area contributed by atoms with Crippen molar-refractivity contribution in [2.24, 2.45) is 5.92 Å². The second-order valence-electron chi connectivity index (χ2n) is 11.5. The van der Waals surface area contributed by atoms with Crippen LogP contribution in [0.4, 0.5) is 0 Å². The molecule has 0 unspecified atom stereocenters. The van der Waals surface area contributed by atoms with E-state index in [1.165, 1.54) is 48.8 Å². The first kappa shape index (κ1) is 27.0. The molecule has 3 aliphatic rings. The number of fused-ring (bicyclic) bond motifs is 2. The highest BCUT2D eigenvalue weighted by molar-refractivity contribution is 6.01. The maximum atomic E-state index is 11.7. The standard InChI is InChI=1S/C22H24O2.C15H12O2/c23-22-13-9-19-14-18(8-12-21(19)22)17-6-10-20(11-7-17)24-15-16-4-2-1-3-5-16;16-13-5-1-10(2-6-13)11-3-7-14-12(9-11)4-8-15(14)17/h6-8,10-12,14,16H,1-5,9,13,15H2;1-3,5-7,9,16H,4,8H2. The minimum atomic E-state index is 0.247. The predicted octanol–water partition coefficient (Wildman–Crippen LogP) is 8.63. The predicted molar refractivity (Wildman–Crippen MR) is 163 cm³/mol. The Morgan fingerprint density at radius 2 is 1.07 bits per heavy atom. The molecule has 0 saturated heterocycles. The van der Waals surface area contributed by atoms with E-state index in [-0.39, 0.29) is 17.3 Å². The summed E-state index contributed by atoms with van der Waals surface area (Å²) >= 11 is 0. The van der Waals surface area contributed by atoms with Gasteiger partial charge in [0, 0.05) is 24.0 Å². The van der Waals surface area contributed by atoms with Crippen LogP contribution in [0.15, 0.2) is 84.9 Å². The fourth-order valence-electron chi connectivity index (χ4n) is 6.24. The number of carbonyl (C=O) groups is 2. The lowest BCUT2D eigenvalue weighted by atomic mass is 9.90. The maximum Gasteiger partial charge on any atom is 0.163 e. The number of ether oxygens (including phenoxy) is 1. The summed E-state index contributed by atoms with van der Waals surface area (Å²) in [4.78, 5) is 23.3. The average molecular weight is 545 g/mol. The van der Waals surface area contributed by atoms with Gasteiger partial charge in [-0.05, 0) is 89.2 Å². The van der Waals surface area contributed by atoms with Crippen molar-refractivity contribution in [3.05, 3.63) is 107 Å². The number of carbonyl (C=O) groups excluding carboxylic acids is 2. The summed E-state index contributed by atoms with van der Waals surface area (Å²) in [6.07, 6.45) is 9.74. The highest BCUT2D eigenvalue weighted by atomic mass is 16.5. The van der Waals surface area contributed by atoms with Crippen molar-refractivity contribution in [2.75, 3.05) is 6.61 Å². The molecule has 0 heterocycles. The Balaban J connectivity index is 0.000000156. The molecular weight excluding hydrogens is 508 g/mol. The molecule has 4 heteroatoms. The van der Waals surface area contributed by atoms with E-state index in [4.69, 9.17) is 4.74 Å². The van der Waals surface area contributed by atoms with Gasteiger partial charge in [-0.1, -0.05) is 79.9 Å². The second kappa shape index (κ2) is 12.1. The van der Waals surface area contributed by atoms with Crippen LogP contribution in [0.3, 0.4) is 0 Å². The van der Waals surface area contributed by atoms with Gasteiger partial charge < -0.3 is 9.84 Å². The van der Waals surface area contributed by atoms with Crippen LogP contribution in [-0.2, 0) is 12.8 Å². The van der Waals surface area contributed by atoms with E-state index in [0.29, 0.717) is 12.8 Å². The molecule has 0 atom stereocenters. The number of rotatable bonds is 5. The zero-order chi connectivity index (χ0) is 28.2. The number of aryl methyl sites for hydroxylation is 2. The van der Waals surface area contributed by atoms with Crippen molar-refractivity contribution >= 4 is 11.6 Å². The SMILES string of the molecule is O=C1CCc2cc(-c3ccc(O)cc3)ccc21.O=C1CCc2cc(-c3ccc(OCC4CCCCC4)cc3)ccc21. The number of hydrogen-bond acceptors (Lipinski definition) is 4. The number of Topliss-reactive ketones (excluding diaryl/α,β-unsaturated/α-hetero) is 2. The van der Waals surface area contributed by atoms with Gasteiger partial charge in [0.1, 0.15) is 11.5 Å². The van der Waals surface area contributed by atoms with Crippen LogP contribution in [0.5, 0.6) is 11.5 Å². The zero-order valence-corrected chi connectivity index (χ0v) is 23.4. The van der Waals surface area contributed by atoms with Gasteiger partial charge in [-0.15, -0.1) is 0 Å². The normalized spacial score (nSPS) is 16.1. The average Bonchev–Trinajstić information content (AvgIpc) is 3.58. The lowest BCUT2D eigenvalue weighted by Crippen LogP contribution is -2.15. The van der Waals surface area contributed by atoms with Gasteiger partial charge >= 0.3 is 0 Å². The summed E-state index contributed by atoms with van der Waals surface area (Å²) in [5.74, 6) is 2.48. The monoisotopic (exact) mass is 544 g/mol. The third-order valence-corrected chi connectivity index (χ3v) is 8.65. The van der Waals surface area contributed by atoms with Gasteiger partial charge in [-0.2, -0.15) is 0 Å². The molecule has 1 N–H and O–H groups in total. The van der Waals surface area contributed by atoms with Crippen LogP contribution in [-0.4, -0.2) is 23.3 Å². The summed E-state index contributed by atoms with van der Waals surface area (Å²) in [6.45, 7) is 0.848. The topological polar surface area (TPSA) is 63.6 Å². The van der Waals surface area contributed by atoms with E-state index in [0.717, 1.165) is 58.9 Å². The Hall–Kier alpha value is -4.18. The van der Waals surface area contributed by atoms with Crippen molar-refractivity contribution in [3.63, 3.8) is 0 Å². The Bertz CT molecular complexity index is 1540. The molecule has 41 heavy (non-hydrogen) atoms. The largest absolute Gasteiger partial charge is 0.508 e. The van der Waals surface area contributed by atoms with Crippen LogP contribution in [0, 0.1) is 5.92 Å². The molecule has 208 valence electrons. The summed E-state index contributed by atoms with van der Waals surface area (Å²) in [6, 6.07) is 27.6. The molecule has 0 bridgehead atoms. The molecule has 1 saturated carbocycles. The molecule has 0 spiro atoms. The molecule has 0 aromatic heterocycles. The minimum Gasteiger partial charge on any atom is -0.508 e. The van der Waals surface area contributed by atoms with Gasteiger partial charge in [-0.25, -0.2) is 0 Å².